The lowest BCUT2D eigenvalue weighted by Crippen LogP contribution is -2.15. The number of aryl methyl sites for hydroxylation is 1. The van der Waals surface area contributed by atoms with Gasteiger partial charge in [-0.1, -0.05) is 30.5 Å². The van der Waals surface area contributed by atoms with E-state index in [9.17, 15) is 10.1 Å². The third kappa shape index (κ3) is 3.14. The maximum Gasteiger partial charge on any atom is 0.349 e. The van der Waals surface area contributed by atoms with Gasteiger partial charge in [0, 0.05) is 12.4 Å². The van der Waals surface area contributed by atoms with Crippen molar-refractivity contribution >= 4 is 35.9 Å². The maximum absolute atomic E-state index is 11.1. The Bertz CT molecular complexity index is 640. The lowest BCUT2D eigenvalue weighted by molar-refractivity contribution is -0.384. The van der Waals surface area contributed by atoms with Crippen LogP contribution in [0.4, 0.5) is 11.5 Å². The van der Waals surface area contributed by atoms with E-state index < -0.39 is 4.92 Å². The molecule has 0 aromatic carbocycles. The van der Waals surface area contributed by atoms with Crippen molar-refractivity contribution in [1.29, 1.82) is 0 Å². The normalized spacial score (nSPS) is 10.3. The molecular formula is C11H10ClN5O2S. The van der Waals surface area contributed by atoms with E-state index in [1.54, 1.807) is 25.4 Å². The molecule has 2 heterocycles. The molecule has 0 amide bonds. The number of thiol groups is 1. The lowest BCUT2D eigenvalue weighted by Gasteiger charge is -2.16. The van der Waals surface area contributed by atoms with Gasteiger partial charge in [-0.05, 0) is 18.6 Å². The topological polar surface area (TPSA) is 85.0 Å². The number of hydrogen-bond donors (Lipinski definition) is 1. The first kappa shape index (κ1) is 14.5. The lowest BCUT2D eigenvalue weighted by atomic mass is 10.3. The molecular weight excluding hydrogens is 302 g/mol. The van der Waals surface area contributed by atoms with Crippen molar-refractivity contribution in [3.05, 3.63) is 51.2 Å². The van der Waals surface area contributed by atoms with E-state index in [1.807, 2.05) is 6.07 Å². The fourth-order valence-corrected chi connectivity index (χ4v) is 2.17. The Labute approximate surface area is 125 Å². The van der Waals surface area contributed by atoms with Crippen LogP contribution in [0.25, 0.3) is 0 Å². The van der Waals surface area contributed by atoms with Gasteiger partial charge >= 0.3 is 5.69 Å². The van der Waals surface area contributed by atoms with Crippen LogP contribution in [-0.2, 0) is 6.54 Å². The van der Waals surface area contributed by atoms with E-state index in [4.69, 9.17) is 11.6 Å². The molecule has 7 nitrogen and oxygen atoms in total. The smallest absolute Gasteiger partial charge is 0.293 e. The average molecular weight is 312 g/mol. The van der Waals surface area contributed by atoms with Crippen LogP contribution in [0, 0.1) is 17.0 Å². The average Bonchev–Trinajstić information content (AvgIpc) is 2.38. The number of nitro groups is 1. The Hall–Kier alpha value is -1.93. The highest BCUT2D eigenvalue weighted by Gasteiger charge is 2.26. The first-order valence-electron chi connectivity index (χ1n) is 5.53. The monoisotopic (exact) mass is 311 g/mol. The molecule has 104 valence electrons. The summed E-state index contributed by atoms with van der Waals surface area (Å²) in [5.41, 5.74) is 0.473. The molecule has 2 aromatic rings. The number of rotatable bonds is 4. The highest BCUT2D eigenvalue weighted by Crippen LogP contribution is 2.33. The summed E-state index contributed by atoms with van der Waals surface area (Å²) in [4.78, 5) is 22.3. The predicted octanol–water partition coefficient (Wildman–Crippen LogP) is 2.59. The molecule has 0 atom stereocenters. The summed E-state index contributed by atoms with van der Waals surface area (Å²) in [7, 11) is 0. The highest BCUT2D eigenvalue weighted by molar-refractivity contribution is 7.81. The molecule has 0 N–H and O–H groups in total. The zero-order valence-electron chi connectivity index (χ0n) is 10.4. The quantitative estimate of drug-likeness (QED) is 0.404. The van der Waals surface area contributed by atoms with Crippen molar-refractivity contribution in [2.45, 2.75) is 13.5 Å². The van der Waals surface area contributed by atoms with Crippen molar-refractivity contribution in [3.63, 3.8) is 0 Å². The zero-order valence-corrected chi connectivity index (χ0v) is 12.0. The SMILES string of the molecule is Cc1nc(Cl)c([N+](=O)[O-])c(N(S)Cc2cccnc2)n1. The van der Waals surface area contributed by atoms with Crippen LogP contribution in [-0.4, -0.2) is 19.9 Å². The second-order valence-corrected chi connectivity index (χ2v) is 4.75. The summed E-state index contributed by atoms with van der Waals surface area (Å²) in [5.74, 6) is 0.389. The van der Waals surface area contributed by atoms with E-state index in [0.29, 0.717) is 12.4 Å². The van der Waals surface area contributed by atoms with Crippen LogP contribution < -0.4 is 4.31 Å². The van der Waals surface area contributed by atoms with Gasteiger partial charge in [-0.3, -0.25) is 19.4 Å². The molecule has 0 aliphatic heterocycles. The summed E-state index contributed by atoms with van der Waals surface area (Å²) in [5, 5.41) is 10.9. The summed E-state index contributed by atoms with van der Waals surface area (Å²) >= 11 is 10.1. The first-order chi connectivity index (χ1) is 9.49. The third-order valence-electron chi connectivity index (χ3n) is 2.42. The van der Waals surface area contributed by atoms with E-state index in [1.165, 1.54) is 4.31 Å². The molecule has 0 bridgehead atoms. The van der Waals surface area contributed by atoms with Gasteiger partial charge in [-0.15, -0.1) is 0 Å². The fourth-order valence-electron chi connectivity index (χ4n) is 1.59. The van der Waals surface area contributed by atoms with Crippen molar-refractivity contribution < 1.29 is 4.92 Å². The molecule has 0 radical (unpaired) electrons. The number of anilines is 1. The van der Waals surface area contributed by atoms with Gasteiger partial charge in [0.25, 0.3) is 0 Å². The molecule has 2 aromatic heterocycles. The second kappa shape index (κ2) is 6.02. The molecule has 0 aliphatic carbocycles. The Morgan fingerprint density at radius 2 is 2.25 bits per heavy atom. The van der Waals surface area contributed by atoms with Crippen molar-refractivity contribution in [2.24, 2.45) is 0 Å². The Kier molecular flexibility index (Phi) is 4.35. The zero-order chi connectivity index (χ0) is 14.7. The number of hydrogen-bond acceptors (Lipinski definition) is 7. The molecule has 9 heteroatoms. The summed E-state index contributed by atoms with van der Waals surface area (Å²) < 4.78 is 1.34. The Morgan fingerprint density at radius 1 is 1.50 bits per heavy atom. The van der Waals surface area contributed by atoms with Crippen LogP contribution in [0.1, 0.15) is 11.4 Å². The minimum absolute atomic E-state index is 0.0553. The van der Waals surface area contributed by atoms with Gasteiger partial charge in [0.05, 0.1) is 11.5 Å². The van der Waals surface area contributed by atoms with Crippen molar-refractivity contribution in [2.75, 3.05) is 4.31 Å². The molecule has 0 unspecified atom stereocenters. The molecule has 0 saturated heterocycles. The van der Waals surface area contributed by atoms with Crippen LogP contribution in [0.3, 0.4) is 0 Å². The summed E-state index contributed by atoms with van der Waals surface area (Å²) in [6.45, 7) is 1.90. The first-order valence-corrected chi connectivity index (χ1v) is 6.30. The van der Waals surface area contributed by atoms with Gasteiger partial charge in [-0.2, -0.15) is 0 Å². The van der Waals surface area contributed by atoms with Crippen molar-refractivity contribution in [1.82, 2.24) is 15.0 Å². The molecule has 2 rings (SSSR count). The Morgan fingerprint density at radius 3 is 2.85 bits per heavy atom. The third-order valence-corrected chi connectivity index (χ3v) is 3.01. The highest BCUT2D eigenvalue weighted by atomic mass is 35.5. The van der Waals surface area contributed by atoms with Gasteiger partial charge in [-0.25, -0.2) is 9.97 Å². The number of halogens is 1. The van der Waals surface area contributed by atoms with Gasteiger partial charge in [0.1, 0.15) is 5.82 Å². The Balaban J connectivity index is 2.38. The predicted molar refractivity (Wildman–Crippen MR) is 77.8 cm³/mol. The molecule has 0 fully saturated rings. The molecule has 0 spiro atoms. The summed E-state index contributed by atoms with van der Waals surface area (Å²) in [6.07, 6.45) is 3.28. The van der Waals surface area contributed by atoms with Crippen LogP contribution in [0.15, 0.2) is 24.5 Å². The van der Waals surface area contributed by atoms with E-state index in [2.05, 4.69) is 27.8 Å². The van der Waals surface area contributed by atoms with Crippen LogP contribution in [0.5, 0.6) is 0 Å². The maximum atomic E-state index is 11.1. The summed E-state index contributed by atoms with van der Waals surface area (Å²) in [6, 6.07) is 3.60. The van der Waals surface area contributed by atoms with E-state index in [0.717, 1.165) is 5.56 Å². The number of nitrogens with zero attached hydrogens (tertiary/aromatic N) is 5. The fraction of sp³-hybridized carbons (Fsp3) is 0.182. The van der Waals surface area contributed by atoms with Gasteiger partial charge in [0.15, 0.2) is 0 Å². The largest absolute Gasteiger partial charge is 0.349 e. The van der Waals surface area contributed by atoms with Crippen molar-refractivity contribution in [3.8, 4) is 0 Å². The minimum Gasteiger partial charge on any atom is -0.293 e. The molecule has 0 saturated carbocycles. The van der Waals surface area contributed by atoms with E-state index >= 15 is 0 Å². The second-order valence-electron chi connectivity index (χ2n) is 3.91. The van der Waals surface area contributed by atoms with Gasteiger partial charge in [0.2, 0.25) is 11.0 Å². The van der Waals surface area contributed by atoms with E-state index in [-0.39, 0.29) is 16.7 Å². The van der Waals surface area contributed by atoms with Gasteiger partial charge < -0.3 is 0 Å². The minimum atomic E-state index is -0.621. The number of pyridine rings is 1. The molecule has 0 aliphatic rings. The molecule has 20 heavy (non-hydrogen) atoms. The number of aromatic nitrogens is 3. The standard InChI is InChI=1S/C11H10ClN5O2S/c1-7-14-10(12)9(17(18)19)11(15-7)16(20)6-8-3-2-4-13-5-8/h2-5,20H,6H2,1H3. The van der Waals surface area contributed by atoms with Crippen LogP contribution >= 0.6 is 24.4 Å². The van der Waals surface area contributed by atoms with Crippen LogP contribution in [0.2, 0.25) is 5.15 Å².